The fraction of sp³-hybridized carbons (Fsp3) is 0.345. The van der Waals surface area contributed by atoms with Gasteiger partial charge in [0.2, 0.25) is 0 Å². The molecule has 3 aromatic carbocycles. The molecule has 0 unspecified atom stereocenters. The van der Waals surface area contributed by atoms with E-state index in [2.05, 4.69) is 10.2 Å². The highest BCUT2D eigenvalue weighted by atomic mass is 16.5. The van der Waals surface area contributed by atoms with E-state index in [1.165, 1.54) is 0 Å². The number of rotatable bonds is 11. The average molecular weight is 490 g/mol. The van der Waals surface area contributed by atoms with Crippen LogP contribution in [0.25, 0.3) is 0 Å². The van der Waals surface area contributed by atoms with Crippen LogP contribution >= 0.6 is 0 Å². The van der Waals surface area contributed by atoms with Gasteiger partial charge in [-0.05, 0) is 54.4 Å². The zero-order valence-corrected chi connectivity index (χ0v) is 20.9. The van der Waals surface area contributed by atoms with Crippen LogP contribution in [-0.4, -0.2) is 61.8 Å². The van der Waals surface area contributed by atoms with Gasteiger partial charge < -0.3 is 24.4 Å². The molecule has 1 fully saturated rings. The molecule has 4 rings (SSSR count). The lowest BCUT2D eigenvalue weighted by Crippen LogP contribution is -2.44. The van der Waals surface area contributed by atoms with Crippen molar-refractivity contribution < 1.29 is 19.0 Å². The van der Waals surface area contributed by atoms with Crippen LogP contribution in [0.4, 0.5) is 10.5 Å². The third-order valence-electron chi connectivity index (χ3n) is 6.01. The van der Waals surface area contributed by atoms with Gasteiger partial charge in [-0.3, -0.25) is 4.90 Å². The van der Waals surface area contributed by atoms with E-state index in [1.54, 1.807) is 0 Å². The van der Waals surface area contributed by atoms with E-state index in [4.69, 9.17) is 14.2 Å². The van der Waals surface area contributed by atoms with Crippen molar-refractivity contribution >= 4 is 11.7 Å². The van der Waals surface area contributed by atoms with Crippen molar-refractivity contribution in [2.45, 2.75) is 20.1 Å². The number of carbonyl (C=O) groups excluding carboxylic acids is 1. The molecule has 0 bridgehead atoms. The largest absolute Gasteiger partial charge is 0.494 e. The maximum Gasteiger partial charge on any atom is 0.322 e. The van der Waals surface area contributed by atoms with Gasteiger partial charge >= 0.3 is 6.03 Å². The number of nitrogens with zero attached hydrogens (tertiary/aromatic N) is 2. The molecule has 0 atom stereocenters. The first-order valence-electron chi connectivity index (χ1n) is 12.5. The average Bonchev–Trinajstić information content (AvgIpc) is 2.92. The summed E-state index contributed by atoms with van der Waals surface area (Å²) in [4.78, 5) is 17.5. The van der Waals surface area contributed by atoms with Crippen molar-refractivity contribution in [2.75, 3.05) is 51.3 Å². The Kier molecular flexibility index (Phi) is 9.59. The molecule has 0 spiro atoms. The Bertz CT molecular complexity index is 1070. The molecule has 1 N–H and O–H groups in total. The van der Waals surface area contributed by atoms with Gasteiger partial charge in [0.15, 0.2) is 0 Å². The van der Waals surface area contributed by atoms with Gasteiger partial charge in [-0.2, -0.15) is 0 Å². The van der Waals surface area contributed by atoms with Crippen LogP contribution in [0.1, 0.15) is 18.1 Å². The first-order valence-corrected chi connectivity index (χ1v) is 12.5. The number of amides is 2. The summed E-state index contributed by atoms with van der Waals surface area (Å²) in [6.45, 7) is 8.19. The minimum atomic E-state index is -0.136. The molecule has 190 valence electrons. The molecule has 7 heteroatoms. The molecule has 7 nitrogen and oxygen atoms in total. The molecule has 0 saturated carbocycles. The summed E-state index contributed by atoms with van der Waals surface area (Å²) in [7, 11) is 0. The van der Waals surface area contributed by atoms with Crippen molar-refractivity contribution in [1.82, 2.24) is 9.80 Å². The lowest BCUT2D eigenvalue weighted by Gasteiger charge is -2.30. The van der Waals surface area contributed by atoms with Gasteiger partial charge in [0.25, 0.3) is 0 Å². The summed E-state index contributed by atoms with van der Waals surface area (Å²) in [5.41, 5.74) is 2.87. The second-order valence-corrected chi connectivity index (χ2v) is 8.68. The topological polar surface area (TPSA) is 63.3 Å². The second-order valence-electron chi connectivity index (χ2n) is 8.68. The lowest BCUT2D eigenvalue weighted by atomic mass is 10.2. The fourth-order valence-corrected chi connectivity index (χ4v) is 4.04. The number of benzene rings is 3. The first-order chi connectivity index (χ1) is 17.7. The van der Waals surface area contributed by atoms with Crippen molar-refractivity contribution in [2.24, 2.45) is 0 Å². The summed E-state index contributed by atoms with van der Waals surface area (Å²) in [5.74, 6) is 1.57. The van der Waals surface area contributed by atoms with E-state index in [0.717, 1.165) is 61.2 Å². The minimum absolute atomic E-state index is 0.136. The maximum absolute atomic E-state index is 13.3. The Morgan fingerprint density at radius 2 is 1.67 bits per heavy atom. The highest BCUT2D eigenvalue weighted by Gasteiger charge is 2.18. The number of hydrogen-bond acceptors (Lipinski definition) is 5. The van der Waals surface area contributed by atoms with Crippen molar-refractivity contribution in [3.8, 4) is 11.5 Å². The Balaban J connectivity index is 1.41. The van der Waals surface area contributed by atoms with Crippen LogP contribution in [-0.2, 0) is 17.9 Å². The molecule has 0 aromatic heterocycles. The first kappa shape index (κ1) is 25.5. The minimum Gasteiger partial charge on any atom is -0.494 e. The lowest BCUT2D eigenvalue weighted by molar-refractivity contribution is 0.0349. The molecule has 2 amide bonds. The number of hydrogen-bond donors (Lipinski definition) is 1. The Morgan fingerprint density at radius 3 is 2.42 bits per heavy atom. The summed E-state index contributed by atoms with van der Waals surface area (Å²) in [6, 6.07) is 25.4. The molecule has 36 heavy (non-hydrogen) atoms. The quantitative estimate of drug-likeness (QED) is 0.409. The maximum atomic E-state index is 13.3. The number of ether oxygens (including phenoxy) is 3. The third-order valence-corrected chi connectivity index (χ3v) is 6.01. The van der Waals surface area contributed by atoms with Crippen molar-refractivity contribution in [1.29, 1.82) is 0 Å². The van der Waals surface area contributed by atoms with Gasteiger partial charge in [-0.15, -0.1) is 0 Å². The van der Waals surface area contributed by atoms with Crippen LogP contribution in [0.5, 0.6) is 11.5 Å². The Hall–Kier alpha value is -3.55. The SMILES string of the molecule is CCOc1ccc(NC(=O)N(CCN2CCOCC2)Cc2cccc(OCc3ccccc3)c2)cc1. The summed E-state index contributed by atoms with van der Waals surface area (Å²) in [5, 5.41) is 3.04. The Morgan fingerprint density at radius 1 is 0.917 bits per heavy atom. The summed E-state index contributed by atoms with van der Waals surface area (Å²) < 4.78 is 17.0. The number of morpholine rings is 1. The molecule has 0 radical (unpaired) electrons. The molecular formula is C29H35N3O4. The monoisotopic (exact) mass is 489 g/mol. The third kappa shape index (κ3) is 8.00. The molecule has 3 aromatic rings. The molecular weight excluding hydrogens is 454 g/mol. The van der Waals surface area contributed by atoms with Gasteiger partial charge in [0.1, 0.15) is 18.1 Å². The standard InChI is InChI=1S/C29H35N3O4/c1-2-35-27-13-11-26(12-14-27)30-29(33)32(16-15-31-17-19-34-20-18-31)22-25-9-6-10-28(21-25)36-23-24-7-4-3-5-8-24/h3-14,21H,2,15-20,22-23H2,1H3,(H,30,33). The summed E-state index contributed by atoms with van der Waals surface area (Å²) in [6.07, 6.45) is 0. The Labute approximate surface area is 213 Å². The van der Waals surface area contributed by atoms with Gasteiger partial charge in [0, 0.05) is 38.4 Å². The molecule has 1 saturated heterocycles. The summed E-state index contributed by atoms with van der Waals surface area (Å²) >= 11 is 0. The van der Waals surface area contributed by atoms with Crippen LogP contribution < -0.4 is 14.8 Å². The molecule has 1 heterocycles. The van der Waals surface area contributed by atoms with Gasteiger partial charge in [0.05, 0.1) is 19.8 Å². The van der Waals surface area contributed by atoms with E-state index in [-0.39, 0.29) is 6.03 Å². The van der Waals surface area contributed by atoms with E-state index >= 15 is 0 Å². The zero-order valence-electron chi connectivity index (χ0n) is 20.9. The normalized spacial score (nSPS) is 13.7. The number of urea groups is 1. The smallest absolute Gasteiger partial charge is 0.322 e. The van der Waals surface area contributed by atoms with Crippen molar-refractivity contribution in [3.05, 3.63) is 90.0 Å². The van der Waals surface area contributed by atoms with E-state index in [1.807, 2.05) is 90.7 Å². The van der Waals surface area contributed by atoms with Gasteiger partial charge in [-0.25, -0.2) is 4.79 Å². The molecule has 1 aliphatic heterocycles. The van der Waals surface area contributed by atoms with Gasteiger partial charge in [-0.1, -0.05) is 42.5 Å². The highest BCUT2D eigenvalue weighted by molar-refractivity contribution is 5.89. The van der Waals surface area contributed by atoms with Crippen molar-refractivity contribution in [3.63, 3.8) is 0 Å². The number of carbonyl (C=O) groups is 1. The zero-order chi connectivity index (χ0) is 25.0. The van der Waals surface area contributed by atoms with Crippen LogP contribution in [0.2, 0.25) is 0 Å². The second kappa shape index (κ2) is 13.5. The number of anilines is 1. The van der Waals surface area contributed by atoms with E-state index in [0.29, 0.717) is 26.3 Å². The van der Waals surface area contributed by atoms with Crippen LogP contribution in [0.3, 0.4) is 0 Å². The fourth-order valence-electron chi connectivity index (χ4n) is 4.04. The van der Waals surface area contributed by atoms with E-state index in [9.17, 15) is 4.79 Å². The number of nitrogens with one attached hydrogen (secondary N) is 1. The highest BCUT2D eigenvalue weighted by Crippen LogP contribution is 2.19. The molecule has 1 aliphatic rings. The van der Waals surface area contributed by atoms with Crippen LogP contribution in [0, 0.1) is 0 Å². The predicted octanol–water partition coefficient (Wildman–Crippen LogP) is 5.03. The predicted molar refractivity (Wildman–Crippen MR) is 142 cm³/mol. The van der Waals surface area contributed by atoms with Crippen LogP contribution in [0.15, 0.2) is 78.9 Å². The van der Waals surface area contributed by atoms with E-state index < -0.39 is 0 Å². The molecule has 0 aliphatic carbocycles.